The van der Waals surface area contributed by atoms with Crippen LogP contribution in [0.15, 0.2) is 40.9 Å². The number of aliphatic hydroxyl groups excluding tert-OH is 1. The molecule has 0 aliphatic heterocycles. The Morgan fingerprint density at radius 3 is 2.00 bits per heavy atom. The summed E-state index contributed by atoms with van der Waals surface area (Å²) in [5.74, 6) is 0.791. The fourth-order valence-electron chi connectivity index (χ4n) is 2.12. The van der Waals surface area contributed by atoms with Crippen molar-refractivity contribution in [3.63, 3.8) is 0 Å². The van der Waals surface area contributed by atoms with Crippen LogP contribution < -0.4 is 4.74 Å². The van der Waals surface area contributed by atoms with Crippen LogP contribution in [0.3, 0.4) is 0 Å². The number of halogens is 1. The summed E-state index contributed by atoms with van der Waals surface area (Å²) in [6, 6.07) is 11.5. The van der Waals surface area contributed by atoms with E-state index in [1.807, 2.05) is 50.2 Å². The van der Waals surface area contributed by atoms with E-state index in [-0.39, 0.29) is 0 Å². The third kappa shape index (κ3) is 2.99. The second kappa shape index (κ2) is 5.76. The van der Waals surface area contributed by atoms with Gasteiger partial charge in [0.05, 0.1) is 7.11 Å². The summed E-state index contributed by atoms with van der Waals surface area (Å²) in [5, 5.41) is 10.4. The molecule has 0 aliphatic carbocycles. The zero-order valence-electron chi connectivity index (χ0n) is 11.3. The molecule has 0 heterocycles. The van der Waals surface area contributed by atoms with Crippen LogP contribution in [0.2, 0.25) is 0 Å². The molecular weight excluding hydrogens is 304 g/mol. The van der Waals surface area contributed by atoms with Gasteiger partial charge in [-0.1, -0.05) is 40.2 Å². The maximum absolute atomic E-state index is 10.4. The van der Waals surface area contributed by atoms with E-state index in [9.17, 15) is 5.11 Å². The van der Waals surface area contributed by atoms with Crippen molar-refractivity contribution in [1.82, 2.24) is 0 Å². The highest BCUT2D eigenvalue weighted by Gasteiger charge is 2.13. The quantitative estimate of drug-likeness (QED) is 0.920. The molecule has 0 aromatic heterocycles. The Balaban J connectivity index is 2.35. The highest BCUT2D eigenvalue weighted by molar-refractivity contribution is 9.10. The van der Waals surface area contributed by atoms with Crippen molar-refractivity contribution < 1.29 is 9.84 Å². The number of benzene rings is 2. The second-order valence-electron chi connectivity index (χ2n) is 4.64. The smallest absolute Gasteiger partial charge is 0.118 e. The molecule has 0 aliphatic rings. The lowest BCUT2D eigenvalue weighted by Crippen LogP contribution is -2.01. The molecule has 0 spiro atoms. The fraction of sp³-hybridized carbons (Fsp3) is 0.250. The Labute approximate surface area is 122 Å². The molecule has 0 saturated heterocycles. The molecule has 1 N–H and O–H groups in total. The summed E-state index contributed by atoms with van der Waals surface area (Å²) in [7, 11) is 1.63. The van der Waals surface area contributed by atoms with Gasteiger partial charge in [0.2, 0.25) is 0 Å². The van der Waals surface area contributed by atoms with E-state index in [1.54, 1.807) is 7.11 Å². The van der Waals surface area contributed by atoms with Crippen molar-refractivity contribution in [2.45, 2.75) is 20.0 Å². The largest absolute Gasteiger partial charge is 0.497 e. The van der Waals surface area contributed by atoms with Crippen LogP contribution in [0, 0.1) is 13.8 Å². The van der Waals surface area contributed by atoms with Crippen LogP contribution in [0.1, 0.15) is 28.4 Å². The molecule has 2 aromatic carbocycles. The van der Waals surface area contributed by atoms with E-state index in [0.29, 0.717) is 0 Å². The van der Waals surface area contributed by atoms with E-state index >= 15 is 0 Å². The monoisotopic (exact) mass is 320 g/mol. The molecular formula is C16H17BrO2. The van der Waals surface area contributed by atoms with E-state index in [1.165, 1.54) is 0 Å². The molecule has 0 bridgehead atoms. The van der Waals surface area contributed by atoms with Crippen molar-refractivity contribution in [1.29, 1.82) is 0 Å². The van der Waals surface area contributed by atoms with Gasteiger partial charge in [-0.25, -0.2) is 0 Å². The second-order valence-corrected chi connectivity index (χ2v) is 5.44. The molecule has 19 heavy (non-hydrogen) atoms. The predicted molar refractivity (Wildman–Crippen MR) is 80.7 cm³/mol. The van der Waals surface area contributed by atoms with Crippen LogP contribution in [-0.2, 0) is 0 Å². The summed E-state index contributed by atoms with van der Waals surface area (Å²) in [4.78, 5) is 0. The molecule has 1 atom stereocenters. The maximum atomic E-state index is 10.4. The fourth-order valence-corrected chi connectivity index (χ4v) is 2.34. The number of methoxy groups -OCH3 is 1. The van der Waals surface area contributed by atoms with Gasteiger partial charge in [0.15, 0.2) is 0 Å². The Hall–Kier alpha value is -1.32. The van der Waals surface area contributed by atoms with Crippen molar-refractivity contribution >= 4 is 15.9 Å². The zero-order valence-corrected chi connectivity index (χ0v) is 12.9. The van der Waals surface area contributed by atoms with Crippen LogP contribution >= 0.6 is 15.9 Å². The maximum Gasteiger partial charge on any atom is 0.118 e. The molecule has 100 valence electrons. The van der Waals surface area contributed by atoms with Crippen LogP contribution in [0.25, 0.3) is 0 Å². The molecule has 0 fully saturated rings. The minimum atomic E-state index is -0.614. The Bertz CT molecular complexity index is 553. The van der Waals surface area contributed by atoms with E-state index in [0.717, 1.165) is 32.5 Å². The molecule has 2 rings (SSSR count). The third-order valence-corrected chi connectivity index (χ3v) is 4.46. The first kappa shape index (κ1) is 14.1. The highest BCUT2D eigenvalue weighted by Crippen LogP contribution is 2.29. The van der Waals surface area contributed by atoms with Gasteiger partial charge in [0.25, 0.3) is 0 Å². The van der Waals surface area contributed by atoms with Crippen LogP contribution in [0.4, 0.5) is 0 Å². The van der Waals surface area contributed by atoms with E-state index in [4.69, 9.17) is 4.74 Å². The minimum absolute atomic E-state index is 0.614. The Morgan fingerprint density at radius 2 is 1.53 bits per heavy atom. The summed E-state index contributed by atoms with van der Waals surface area (Å²) in [6.45, 7) is 4.06. The van der Waals surface area contributed by atoms with Gasteiger partial charge < -0.3 is 9.84 Å². The van der Waals surface area contributed by atoms with E-state index < -0.39 is 6.10 Å². The first-order valence-electron chi connectivity index (χ1n) is 6.11. The third-order valence-electron chi connectivity index (χ3n) is 3.21. The standard InChI is InChI=1S/C16H17BrO2/c1-10-8-13(9-11(2)15(10)17)16(18)12-4-6-14(19-3)7-5-12/h4-9,16,18H,1-3H3. The van der Waals surface area contributed by atoms with Crippen LogP contribution in [0.5, 0.6) is 5.75 Å². The molecule has 0 saturated carbocycles. The number of hydrogen-bond acceptors (Lipinski definition) is 2. The molecule has 3 heteroatoms. The first-order valence-corrected chi connectivity index (χ1v) is 6.91. The van der Waals surface area contributed by atoms with Gasteiger partial charge in [0.1, 0.15) is 11.9 Å². The molecule has 1 unspecified atom stereocenters. The molecule has 2 aromatic rings. The summed E-state index contributed by atoms with van der Waals surface area (Å²) >= 11 is 3.54. The topological polar surface area (TPSA) is 29.5 Å². The minimum Gasteiger partial charge on any atom is -0.497 e. The van der Waals surface area contributed by atoms with Crippen molar-refractivity contribution in [3.8, 4) is 5.75 Å². The summed E-state index contributed by atoms with van der Waals surface area (Å²) in [5.41, 5.74) is 4.02. The number of ether oxygens (including phenoxy) is 1. The summed E-state index contributed by atoms with van der Waals surface area (Å²) < 4.78 is 6.22. The first-order chi connectivity index (χ1) is 9.02. The zero-order chi connectivity index (χ0) is 14.0. The predicted octanol–water partition coefficient (Wildman–Crippen LogP) is 4.16. The Morgan fingerprint density at radius 1 is 1.00 bits per heavy atom. The Kier molecular flexibility index (Phi) is 4.27. The average molecular weight is 321 g/mol. The van der Waals surface area contributed by atoms with Crippen molar-refractivity contribution in [2.24, 2.45) is 0 Å². The highest BCUT2D eigenvalue weighted by atomic mass is 79.9. The average Bonchev–Trinajstić information content (AvgIpc) is 2.43. The number of aryl methyl sites for hydroxylation is 2. The van der Waals surface area contributed by atoms with Crippen molar-refractivity contribution in [2.75, 3.05) is 7.11 Å². The van der Waals surface area contributed by atoms with Gasteiger partial charge in [-0.2, -0.15) is 0 Å². The number of aliphatic hydroxyl groups is 1. The molecule has 0 radical (unpaired) electrons. The van der Waals surface area contributed by atoms with Gasteiger partial charge in [0, 0.05) is 4.47 Å². The lowest BCUT2D eigenvalue weighted by atomic mass is 9.98. The van der Waals surface area contributed by atoms with Gasteiger partial charge in [-0.3, -0.25) is 0 Å². The SMILES string of the molecule is COc1ccc(C(O)c2cc(C)c(Br)c(C)c2)cc1. The molecule has 2 nitrogen and oxygen atoms in total. The van der Waals surface area contributed by atoms with Crippen molar-refractivity contribution in [3.05, 3.63) is 63.1 Å². The molecule has 0 amide bonds. The number of hydrogen-bond donors (Lipinski definition) is 1. The normalized spacial score (nSPS) is 12.3. The van der Waals surface area contributed by atoms with Gasteiger partial charge in [-0.05, 0) is 48.2 Å². The van der Waals surface area contributed by atoms with Crippen LogP contribution in [-0.4, -0.2) is 12.2 Å². The van der Waals surface area contributed by atoms with E-state index in [2.05, 4.69) is 15.9 Å². The lowest BCUT2D eigenvalue weighted by molar-refractivity contribution is 0.220. The lowest BCUT2D eigenvalue weighted by Gasteiger charge is -2.15. The summed E-state index contributed by atoms with van der Waals surface area (Å²) in [6.07, 6.45) is -0.614. The van der Waals surface area contributed by atoms with Gasteiger partial charge in [-0.15, -0.1) is 0 Å². The van der Waals surface area contributed by atoms with Gasteiger partial charge >= 0.3 is 0 Å². The number of rotatable bonds is 3.